The van der Waals surface area contributed by atoms with E-state index < -0.39 is 0 Å². The minimum absolute atomic E-state index is 0.943. The standard InChI is InChI=1S/C9H18N/c1-8-3-4-9-5-6-10(8,2)7-9/h8-9H,3-7H2,1-2H3/q+1. The van der Waals surface area contributed by atoms with E-state index in [1.54, 1.807) is 0 Å². The molecular formula is C9H18N+. The van der Waals surface area contributed by atoms with Crippen LogP contribution < -0.4 is 0 Å². The van der Waals surface area contributed by atoms with Crippen molar-refractivity contribution in [1.82, 2.24) is 0 Å². The van der Waals surface area contributed by atoms with Gasteiger partial charge in [0.2, 0.25) is 0 Å². The van der Waals surface area contributed by atoms with Crippen molar-refractivity contribution in [3.05, 3.63) is 0 Å². The van der Waals surface area contributed by atoms with Crippen molar-refractivity contribution < 1.29 is 4.48 Å². The van der Waals surface area contributed by atoms with Crippen molar-refractivity contribution in [2.75, 3.05) is 20.1 Å². The summed E-state index contributed by atoms with van der Waals surface area (Å²) in [6.07, 6.45) is 4.48. The Kier molecular flexibility index (Phi) is 1.31. The number of hydrogen-bond acceptors (Lipinski definition) is 0. The Balaban J connectivity index is 2.17. The minimum Gasteiger partial charge on any atom is -0.324 e. The molecule has 0 N–H and O–H groups in total. The zero-order valence-corrected chi connectivity index (χ0v) is 7.14. The number of quaternary nitrogens is 1. The van der Waals surface area contributed by atoms with Crippen molar-refractivity contribution >= 4 is 0 Å². The Labute approximate surface area is 63.6 Å². The molecule has 0 saturated carbocycles. The highest BCUT2D eigenvalue weighted by atomic mass is 15.4. The van der Waals surface area contributed by atoms with E-state index in [-0.39, 0.29) is 0 Å². The summed E-state index contributed by atoms with van der Waals surface area (Å²) >= 11 is 0. The molecule has 2 heterocycles. The zero-order valence-electron chi connectivity index (χ0n) is 7.14. The van der Waals surface area contributed by atoms with Gasteiger partial charge in [-0.15, -0.1) is 0 Å². The van der Waals surface area contributed by atoms with Crippen LogP contribution in [0.4, 0.5) is 0 Å². The second kappa shape index (κ2) is 1.97. The van der Waals surface area contributed by atoms with E-state index in [0.29, 0.717) is 0 Å². The van der Waals surface area contributed by atoms with Crippen molar-refractivity contribution in [2.24, 2.45) is 5.92 Å². The van der Waals surface area contributed by atoms with Crippen LogP contribution in [0.25, 0.3) is 0 Å². The van der Waals surface area contributed by atoms with Crippen LogP contribution in [0.2, 0.25) is 0 Å². The lowest BCUT2D eigenvalue weighted by molar-refractivity contribution is -0.925. The summed E-state index contributed by atoms with van der Waals surface area (Å²) in [5, 5.41) is 0. The average Bonchev–Trinajstić information content (AvgIpc) is 2.22. The molecule has 2 fully saturated rings. The molecule has 0 aromatic heterocycles. The first-order valence-electron chi connectivity index (χ1n) is 4.55. The van der Waals surface area contributed by atoms with Crippen LogP contribution in [0.15, 0.2) is 0 Å². The van der Waals surface area contributed by atoms with E-state index in [9.17, 15) is 0 Å². The fraction of sp³-hybridized carbons (Fsp3) is 1.00. The number of nitrogens with zero attached hydrogens (tertiary/aromatic N) is 1. The topological polar surface area (TPSA) is 0 Å². The highest BCUT2D eigenvalue weighted by Crippen LogP contribution is 2.35. The molecule has 3 atom stereocenters. The van der Waals surface area contributed by atoms with Crippen molar-refractivity contribution in [3.63, 3.8) is 0 Å². The third-order valence-electron chi connectivity index (χ3n) is 3.78. The quantitative estimate of drug-likeness (QED) is 0.449. The first-order valence-corrected chi connectivity index (χ1v) is 4.55. The lowest BCUT2D eigenvalue weighted by Gasteiger charge is -2.39. The highest BCUT2D eigenvalue weighted by Gasteiger charge is 2.42. The van der Waals surface area contributed by atoms with E-state index in [1.165, 1.54) is 36.8 Å². The number of fused-ring (bicyclic) bond motifs is 2. The molecule has 3 unspecified atom stereocenters. The summed E-state index contributed by atoms with van der Waals surface area (Å²) < 4.78 is 1.38. The molecule has 1 heteroatoms. The second-order valence-corrected chi connectivity index (χ2v) is 4.47. The van der Waals surface area contributed by atoms with Crippen LogP contribution in [0.1, 0.15) is 26.2 Å². The lowest BCUT2D eigenvalue weighted by atomic mass is 9.96. The van der Waals surface area contributed by atoms with Gasteiger partial charge in [-0.2, -0.15) is 0 Å². The molecule has 1 nitrogen and oxygen atoms in total. The SMILES string of the molecule is CC1CCC2CC[N+]1(C)C2. The van der Waals surface area contributed by atoms with Crippen LogP contribution in [-0.2, 0) is 0 Å². The Hall–Kier alpha value is -0.0400. The molecule has 2 aliphatic rings. The van der Waals surface area contributed by atoms with E-state index in [4.69, 9.17) is 0 Å². The van der Waals surface area contributed by atoms with Crippen LogP contribution in [-0.4, -0.2) is 30.7 Å². The summed E-state index contributed by atoms with van der Waals surface area (Å²) in [4.78, 5) is 0. The molecule has 10 heavy (non-hydrogen) atoms. The number of piperidine rings is 1. The van der Waals surface area contributed by atoms with Crippen molar-refractivity contribution in [3.8, 4) is 0 Å². The van der Waals surface area contributed by atoms with Gasteiger partial charge in [0, 0.05) is 12.3 Å². The first kappa shape index (κ1) is 6.66. The lowest BCUT2D eigenvalue weighted by Crippen LogP contribution is -2.51. The van der Waals surface area contributed by atoms with Gasteiger partial charge in [0.1, 0.15) is 0 Å². The largest absolute Gasteiger partial charge is 0.324 e. The molecule has 0 amide bonds. The van der Waals surface area contributed by atoms with Crippen LogP contribution in [0, 0.1) is 5.92 Å². The normalized spacial score (nSPS) is 53.4. The molecule has 2 aliphatic heterocycles. The molecule has 0 radical (unpaired) electrons. The smallest absolute Gasteiger partial charge is 0.0859 e. The van der Waals surface area contributed by atoms with Gasteiger partial charge in [0.05, 0.1) is 26.2 Å². The third kappa shape index (κ3) is 0.800. The molecule has 58 valence electrons. The van der Waals surface area contributed by atoms with E-state index >= 15 is 0 Å². The van der Waals surface area contributed by atoms with Gasteiger partial charge in [-0.25, -0.2) is 0 Å². The summed E-state index contributed by atoms with van der Waals surface area (Å²) in [7, 11) is 2.43. The van der Waals surface area contributed by atoms with Gasteiger partial charge in [-0.3, -0.25) is 0 Å². The fourth-order valence-corrected chi connectivity index (χ4v) is 2.67. The molecule has 0 spiro atoms. The van der Waals surface area contributed by atoms with Crippen molar-refractivity contribution in [1.29, 1.82) is 0 Å². The number of hydrogen-bond donors (Lipinski definition) is 0. The predicted octanol–water partition coefficient (Wildman–Crippen LogP) is 1.64. The molecule has 2 bridgehead atoms. The Morgan fingerprint density at radius 2 is 2.00 bits per heavy atom. The van der Waals surface area contributed by atoms with Crippen LogP contribution in [0.3, 0.4) is 0 Å². The minimum atomic E-state index is 0.943. The maximum Gasteiger partial charge on any atom is 0.0859 e. The summed E-state index contributed by atoms with van der Waals surface area (Å²) in [6, 6.07) is 0.943. The Bertz CT molecular complexity index is 142. The Morgan fingerprint density at radius 1 is 1.20 bits per heavy atom. The van der Waals surface area contributed by atoms with E-state index in [0.717, 1.165) is 12.0 Å². The Morgan fingerprint density at radius 3 is 2.70 bits per heavy atom. The second-order valence-electron chi connectivity index (χ2n) is 4.47. The molecule has 0 aliphatic carbocycles. The zero-order chi connectivity index (χ0) is 7.19. The molecule has 0 aromatic rings. The van der Waals surface area contributed by atoms with Gasteiger partial charge in [0.25, 0.3) is 0 Å². The fourth-order valence-electron chi connectivity index (χ4n) is 2.67. The van der Waals surface area contributed by atoms with Gasteiger partial charge in [0.15, 0.2) is 0 Å². The summed E-state index contributed by atoms with van der Waals surface area (Å²) in [5.74, 6) is 1.08. The van der Waals surface area contributed by atoms with Crippen LogP contribution >= 0.6 is 0 Å². The number of rotatable bonds is 0. The van der Waals surface area contributed by atoms with Crippen molar-refractivity contribution in [2.45, 2.75) is 32.2 Å². The maximum atomic E-state index is 2.43. The highest BCUT2D eigenvalue weighted by molar-refractivity contribution is 4.74. The van der Waals surface area contributed by atoms with Gasteiger partial charge >= 0.3 is 0 Å². The molecular weight excluding hydrogens is 122 g/mol. The molecule has 2 rings (SSSR count). The monoisotopic (exact) mass is 140 g/mol. The van der Waals surface area contributed by atoms with Crippen LogP contribution in [0.5, 0.6) is 0 Å². The third-order valence-corrected chi connectivity index (χ3v) is 3.78. The predicted molar refractivity (Wildman–Crippen MR) is 42.7 cm³/mol. The van der Waals surface area contributed by atoms with Gasteiger partial charge in [-0.1, -0.05) is 0 Å². The van der Waals surface area contributed by atoms with Gasteiger partial charge < -0.3 is 4.48 Å². The molecule has 2 saturated heterocycles. The maximum absolute atomic E-state index is 2.43. The average molecular weight is 140 g/mol. The van der Waals surface area contributed by atoms with E-state index in [2.05, 4.69) is 14.0 Å². The summed E-state index contributed by atoms with van der Waals surface area (Å²) in [5.41, 5.74) is 0. The first-order chi connectivity index (χ1) is 4.71. The summed E-state index contributed by atoms with van der Waals surface area (Å²) in [6.45, 7) is 5.34. The van der Waals surface area contributed by atoms with E-state index in [1.807, 2.05) is 0 Å². The van der Waals surface area contributed by atoms with Gasteiger partial charge in [-0.05, 0) is 19.8 Å². The molecule has 0 aromatic carbocycles.